The van der Waals surface area contributed by atoms with Crippen molar-refractivity contribution < 1.29 is 0 Å². The highest BCUT2D eigenvalue weighted by Crippen LogP contribution is 2.29. The van der Waals surface area contributed by atoms with E-state index in [1.54, 1.807) is 0 Å². The Morgan fingerprint density at radius 2 is 2.43 bits per heavy atom. The van der Waals surface area contributed by atoms with Crippen LogP contribution in [0.3, 0.4) is 0 Å². The summed E-state index contributed by atoms with van der Waals surface area (Å²) < 4.78 is 0. The Morgan fingerprint density at radius 1 is 1.57 bits per heavy atom. The molecular formula is C11H22N2S. The average molecular weight is 214 g/mol. The summed E-state index contributed by atoms with van der Waals surface area (Å²) in [6.45, 7) is 8.80. The molecule has 14 heavy (non-hydrogen) atoms. The molecule has 82 valence electrons. The van der Waals surface area contributed by atoms with Crippen molar-refractivity contribution in [3.8, 4) is 0 Å². The van der Waals surface area contributed by atoms with E-state index >= 15 is 0 Å². The van der Waals surface area contributed by atoms with Gasteiger partial charge in [-0.1, -0.05) is 6.92 Å². The molecule has 0 saturated carbocycles. The topological polar surface area (TPSA) is 15.3 Å². The number of hydrogen-bond donors (Lipinski definition) is 1. The number of thioether (sulfide) groups is 1. The fourth-order valence-electron chi connectivity index (χ4n) is 2.68. The summed E-state index contributed by atoms with van der Waals surface area (Å²) in [5, 5.41) is 4.38. The first-order valence-corrected chi connectivity index (χ1v) is 6.96. The lowest BCUT2D eigenvalue weighted by Crippen LogP contribution is -2.36. The molecule has 2 fully saturated rings. The van der Waals surface area contributed by atoms with Gasteiger partial charge in [0.2, 0.25) is 0 Å². The number of hydrogen-bond acceptors (Lipinski definition) is 3. The molecule has 0 radical (unpaired) electrons. The SMILES string of the molecule is CSC1CCN(CC2(C)CCNC2)C1. The maximum Gasteiger partial charge on any atom is 0.0184 e. The number of nitrogens with one attached hydrogen (secondary N) is 1. The van der Waals surface area contributed by atoms with Crippen molar-refractivity contribution in [1.82, 2.24) is 10.2 Å². The van der Waals surface area contributed by atoms with E-state index in [1.807, 2.05) is 11.8 Å². The predicted molar refractivity (Wildman–Crippen MR) is 64.0 cm³/mol. The molecule has 0 spiro atoms. The molecule has 0 aromatic carbocycles. The predicted octanol–water partition coefficient (Wildman–Crippen LogP) is 1.42. The standard InChI is InChI=1S/C11H22N2S/c1-11(4-5-12-8-11)9-13-6-3-10(7-13)14-2/h10,12H,3-9H2,1-2H3. The monoisotopic (exact) mass is 214 g/mol. The number of rotatable bonds is 3. The Labute approximate surface area is 91.8 Å². The van der Waals surface area contributed by atoms with Gasteiger partial charge in [0.1, 0.15) is 0 Å². The molecule has 0 amide bonds. The first-order valence-electron chi connectivity index (χ1n) is 5.68. The Hall–Kier alpha value is 0.270. The van der Waals surface area contributed by atoms with Crippen LogP contribution in [0.1, 0.15) is 19.8 Å². The zero-order valence-electron chi connectivity index (χ0n) is 9.38. The van der Waals surface area contributed by atoms with Crippen molar-refractivity contribution in [1.29, 1.82) is 0 Å². The second kappa shape index (κ2) is 4.42. The summed E-state index contributed by atoms with van der Waals surface area (Å²) >= 11 is 2.04. The first kappa shape index (κ1) is 10.8. The van der Waals surface area contributed by atoms with E-state index in [4.69, 9.17) is 0 Å². The van der Waals surface area contributed by atoms with E-state index < -0.39 is 0 Å². The van der Waals surface area contributed by atoms with Gasteiger partial charge in [-0.25, -0.2) is 0 Å². The van der Waals surface area contributed by atoms with E-state index in [0.29, 0.717) is 5.41 Å². The second-order valence-electron chi connectivity index (χ2n) is 5.12. The number of likely N-dealkylation sites (tertiary alicyclic amines) is 1. The maximum absolute atomic E-state index is 3.48. The summed E-state index contributed by atoms with van der Waals surface area (Å²) in [5.41, 5.74) is 0.549. The normalized spacial score (nSPS) is 39.4. The molecular weight excluding hydrogens is 192 g/mol. The Kier molecular flexibility index (Phi) is 3.40. The van der Waals surface area contributed by atoms with E-state index in [2.05, 4.69) is 23.4 Å². The fourth-order valence-corrected chi connectivity index (χ4v) is 3.38. The van der Waals surface area contributed by atoms with E-state index in [-0.39, 0.29) is 0 Å². The third-order valence-electron chi connectivity index (χ3n) is 3.62. The molecule has 0 aromatic heterocycles. The van der Waals surface area contributed by atoms with Crippen LogP contribution >= 0.6 is 11.8 Å². The molecule has 0 bridgehead atoms. The highest BCUT2D eigenvalue weighted by molar-refractivity contribution is 7.99. The van der Waals surface area contributed by atoms with Gasteiger partial charge in [0.05, 0.1) is 0 Å². The van der Waals surface area contributed by atoms with Crippen LogP contribution in [0.2, 0.25) is 0 Å². The van der Waals surface area contributed by atoms with Crippen molar-refractivity contribution in [3.63, 3.8) is 0 Å². The van der Waals surface area contributed by atoms with Gasteiger partial charge in [0.15, 0.2) is 0 Å². The summed E-state index contributed by atoms with van der Waals surface area (Å²) in [7, 11) is 0. The fraction of sp³-hybridized carbons (Fsp3) is 1.00. The minimum absolute atomic E-state index is 0.549. The Morgan fingerprint density at radius 3 is 3.00 bits per heavy atom. The van der Waals surface area contributed by atoms with Gasteiger partial charge in [-0.3, -0.25) is 0 Å². The average Bonchev–Trinajstić information content (AvgIpc) is 2.75. The van der Waals surface area contributed by atoms with Gasteiger partial charge in [0.25, 0.3) is 0 Å². The summed E-state index contributed by atoms with van der Waals surface area (Å²) in [6, 6.07) is 0. The van der Waals surface area contributed by atoms with Gasteiger partial charge in [-0.2, -0.15) is 11.8 Å². The van der Waals surface area contributed by atoms with Crippen LogP contribution in [-0.4, -0.2) is 49.1 Å². The second-order valence-corrected chi connectivity index (χ2v) is 6.26. The molecule has 1 N–H and O–H groups in total. The van der Waals surface area contributed by atoms with Crippen molar-refractivity contribution in [2.24, 2.45) is 5.41 Å². The van der Waals surface area contributed by atoms with Gasteiger partial charge in [0, 0.05) is 24.9 Å². The third-order valence-corrected chi connectivity index (χ3v) is 4.68. The first-order chi connectivity index (χ1) is 6.72. The van der Waals surface area contributed by atoms with Crippen LogP contribution in [-0.2, 0) is 0 Å². The van der Waals surface area contributed by atoms with Gasteiger partial charge >= 0.3 is 0 Å². The molecule has 2 nitrogen and oxygen atoms in total. The quantitative estimate of drug-likeness (QED) is 0.765. The molecule has 2 aliphatic heterocycles. The van der Waals surface area contributed by atoms with E-state index in [0.717, 1.165) is 5.25 Å². The minimum Gasteiger partial charge on any atom is -0.316 e. The van der Waals surface area contributed by atoms with Crippen molar-refractivity contribution in [3.05, 3.63) is 0 Å². The highest BCUT2D eigenvalue weighted by atomic mass is 32.2. The van der Waals surface area contributed by atoms with Gasteiger partial charge < -0.3 is 10.2 Å². The molecule has 0 aromatic rings. The Bertz CT molecular complexity index is 190. The molecule has 2 saturated heterocycles. The largest absolute Gasteiger partial charge is 0.316 e. The Balaban J connectivity index is 1.80. The van der Waals surface area contributed by atoms with Crippen LogP contribution in [0.5, 0.6) is 0 Å². The molecule has 3 heteroatoms. The van der Waals surface area contributed by atoms with E-state index in [9.17, 15) is 0 Å². The van der Waals surface area contributed by atoms with Crippen LogP contribution in [0.15, 0.2) is 0 Å². The van der Waals surface area contributed by atoms with Gasteiger partial charge in [-0.05, 0) is 37.6 Å². The van der Waals surface area contributed by atoms with Crippen LogP contribution < -0.4 is 5.32 Å². The summed E-state index contributed by atoms with van der Waals surface area (Å²) in [4.78, 5) is 2.66. The molecule has 2 aliphatic rings. The lowest BCUT2D eigenvalue weighted by atomic mass is 9.89. The van der Waals surface area contributed by atoms with Crippen molar-refractivity contribution in [2.75, 3.05) is 39.0 Å². The van der Waals surface area contributed by atoms with Crippen LogP contribution in [0.4, 0.5) is 0 Å². The van der Waals surface area contributed by atoms with Crippen LogP contribution in [0, 0.1) is 5.41 Å². The molecule has 0 aliphatic carbocycles. The van der Waals surface area contributed by atoms with Crippen molar-refractivity contribution >= 4 is 11.8 Å². The third kappa shape index (κ3) is 2.44. The van der Waals surface area contributed by atoms with Crippen molar-refractivity contribution in [2.45, 2.75) is 25.0 Å². The van der Waals surface area contributed by atoms with Gasteiger partial charge in [-0.15, -0.1) is 0 Å². The summed E-state index contributed by atoms with van der Waals surface area (Å²) in [6.07, 6.45) is 4.99. The number of nitrogens with zero attached hydrogens (tertiary/aromatic N) is 1. The van der Waals surface area contributed by atoms with Crippen LogP contribution in [0.25, 0.3) is 0 Å². The minimum atomic E-state index is 0.549. The molecule has 2 heterocycles. The van der Waals surface area contributed by atoms with E-state index in [1.165, 1.54) is 45.6 Å². The lowest BCUT2D eigenvalue weighted by Gasteiger charge is -2.28. The molecule has 2 unspecified atom stereocenters. The highest BCUT2D eigenvalue weighted by Gasteiger charge is 2.33. The smallest absolute Gasteiger partial charge is 0.0184 e. The zero-order valence-corrected chi connectivity index (χ0v) is 10.2. The molecule has 2 atom stereocenters. The molecule has 2 rings (SSSR count). The summed E-state index contributed by atoms with van der Waals surface area (Å²) in [5.74, 6) is 0. The zero-order chi connectivity index (χ0) is 10.0. The lowest BCUT2D eigenvalue weighted by molar-refractivity contribution is 0.210. The maximum atomic E-state index is 3.48.